The molecule has 0 saturated carbocycles. The van der Waals surface area contributed by atoms with Gasteiger partial charge in [-0.3, -0.25) is 4.99 Å². The minimum Gasteiger partial charge on any atom is -0.455 e. The van der Waals surface area contributed by atoms with Gasteiger partial charge in [-0.2, -0.15) is 0 Å². The molecule has 0 aliphatic carbocycles. The number of rotatable bonds is 3. The van der Waals surface area contributed by atoms with Crippen LogP contribution in [0.25, 0.3) is 0 Å². The number of benzene rings is 2. The second-order valence-electron chi connectivity index (χ2n) is 4.34. The summed E-state index contributed by atoms with van der Waals surface area (Å²) in [6.07, 6.45) is 0. The third-order valence-electron chi connectivity index (χ3n) is 2.84. The molecule has 1 heterocycles. The predicted molar refractivity (Wildman–Crippen MR) is 81.9 cm³/mol. The van der Waals surface area contributed by atoms with Gasteiger partial charge < -0.3 is 15.4 Å². The Morgan fingerprint density at radius 1 is 1.15 bits per heavy atom. The van der Waals surface area contributed by atoms with E-state index >= 15 is 0 Å². The first kappa shape index (κ1) is 12.8. The molecule has 20 heavy (non-hydrogen) atoms. The zero-order chi connectivity index (χ0) is 13.8. The van der Waals surface area contributed by atoms with Crippen LogP contribution in [0.1, 0.15) is 0 Å². The molecule has 0 amide bonds. The molecule has 0 saturated heterocycles. The van der Waals surface area contributed by atoms with Crippen LogP contribution in [0.15, 0.2) is 53.5 Å². The minimum atomic E-state index is 0.648. The zero-order valence-electron chi connectivity index (χ0n) is 10.8. The lowest BCUT2D eigenvalue weighted by Gasteiger charge is -2.13. The lowest BCUT2D eigenvalue weighted by molar-refractivity contribution is 0.485. The first-order valence-electron chi connectivity index (χ1n) is 6.39. The van der Waals surface area contributed by atoms with Crippen molar-refractivity contribution in [1.82, 2.24) is 5.32 Å². The Hall–Kier alpha value is -2.20. The minimum absolute atomic E-state index is 0.648. The van der Waals surface area contributed by atoms with Gasteiger partial charge in [0.1, 0.15) is 5.75 Å². The normalized spacial score (nSPS) is 13.6. The number of aliphatic imine (C=N–C) groups is 1. The van der Waals surface area contributed by atoms with Gasteiger partial charge in [-0.25, -0.2) is 0 Å². The second-order valence-corrected chi connectivity index (χ2v) is 4.77. The van der Waals surface area contributed by atoms with Crippen LogP contribution in [-0.2, 0) is 0 Å². The average molecular weight is 288 g/mol. The fourth-order valence-corrected chi connectivity index (χ4v) is 2.11. The van der Waals surface area contributed by atoms with Crippen molar-refractivity contribution in [3.05, 3.63) is 53.6 Å². The van der Waals surface area contributed by atoms with E-state index in [4.69, 9.17) is 16.3 Å². The number of anilines is 1. The maximum absolute atomic E-state index is 5.96. The summed E-state index contributed by atoms with van der Waals surface area (Å²) in [5, 5.41) is 7.04. The summed E-state index contributed by atoms with van der Waals surface area (Å²) >= 11 is 5.96. The molecule has 5 heteroatoms. The van der Waals surface area contributed by atoms with Gasteiger partial charge in [-0.1, -0.05) is 29.8 Å². The lowest BCUT2D eigenvalue weighted by atomic mass is 10.3. The van der Waals surface area contributed by atoms with Crippen molar-refractivity contribution in [3.8, 4) is 11.5 Å². The molecule has 2 aromatic rings. The summed E-state index contributed by atoms with van der Waals surface area (Å²) in [6.45, 7) is 1.65. The third-order valence-corrected chi connectivity index (χ3v) is 3.07. The van der Waals surface area contributed by atoms with Crippen LogP contribution < -0.4 is 15.4 Å². The summed E-state index contributed by atoms with van der Waals surface area (Å²) < 4.78 is 5.87. The topological polar surface area (TPSA) is 45.6 Å². The maximum atomic E-state index is 5.96. The lowest BCUT2D eigenvalue weighted by Crippen LogP contribution is -2.26. The number of hydrogen-bond donors (Lipinski definition) is 2. The zero-order valence-corrected chi connectivity index (χ0v) is 11.5. The van der Waals surface area contributed by atoms with Gasteiger partial charge in [0.25, 0.3) is 0 Å². The van der Waals surface area contributed by atoms with Crippen LogP contribution in [0.2, 0.25) is 5.02 Å². The predicted octanol–water partition coefficient (Wildman–Crippen LogP) is 3.50. The van der Waals surface area contributed by atoms with Crippen LogP contribution in [0.3, 0.4) is 0 Å². The van der Waals surface area contributed by atoms with Gasteiger partial charge in [0, 0.05) is 11.6 Å². The number of halogens is 1. The Balaban J connectivity index is 1.82. The van der Waals surface area contributed by atoms with Gasteiger partial charge in [-0.05, 0) is 30.3 Å². The third kappa shape index (κ3) is 3.03. The van der Waals surface area contributed by atoms with E-state index in [1.165, 1.54) is 0 Å². The molecule has 0 bridgehead atoms. The molecule has 1 aliphatic heterocycles. The number of hydrogen-bond acceptors (Lipinski definition) is 4. The molecule has 1 aliphatic rings. The molecule has 0 atom stereocenters. The van der Waals surface area contributed by atoms with E-state index in [9.17, 15) is 0 Å². The number of guanidine groups is 1. The fraction of sp³-hybridized carbons (Fsp3) is 0.133. The summed E-state index contributed by atoms with van der Waals surface area (Å²) in [5.74, 6) is 2.20. The van der Waals surface area contributed by atoms with Crippen molar-refractivity contribution < 1.29 is 4.74 Å². The molecule has 2 N–H and O–H groups in total. The second kappa shape index (κ2) is 5.84. The molecule has 3 rings (SSSR count). The summed E-state index contributed by atoms with van der Waals surface area (Å²) in [5.41, 5.74) is 0.862. The van der Waals surface area contributed by atoms with Gasteiger partial charge in [-0.15, -0.1) is 0 Å². The monoisotopic (exact) mass is 287 g/mol. The van der Waals surface area contributed by atoms with E-state index in [2.05, 4.69) is 15.6 Å². The molecule has 0 aromatic heterocycles. The Bertz CT molecular complexity index is 643. The highest BCUT2D eigenvalue weighted by molar-refractivity contribution is 6.30. The summed E-state index contributed by atoms with van der Waals surface area (Å²) in [4.78, 5) is 4.31. The van der Waals surface area contributed by atoms with Crippen LogP contribution >= 0.6 is 11.6 Å². The number of nitrogens with zero attached hydrogens (tertiary/aromatic N) is 1. The first-order chi connectivity index (χ1) is 9.81. The van der Waals surface area contributed by atoms with Crippen molar-refractivity contribution in [3.63, 3.8) is 0 Å². The fourth-order valence-electron chi connectivity index (χ4n) is 1.93. The number of ether oxygens (including phenoxy) is 1. The molecule has 0 fully saturated rings. The largest absolute Gasteiger partial charge is 0.455 e. The van der Waals surface area contributed by atoms with Crippen LogP contribution in [0.4, 0.5) is 5.69 Å². The number of para-hydroxylation sites is 2. The molecule has 0 radical (unpaired) electrons. The highest BCUT2D eigenvalue weighted by atomic mass is 35.5. The van der Waals surface area contributed by atoms with Gasteiger partial charge in [0.05, 0.1) is 12.2 Å². The summed E-state index contributed by atoms with van der Waals surface area (Å²) in [6, 6.07) is 15.0. The molecule has 0 spiro atoms. The first-order valence-corrected chi connectivity index (χ1v) is 6.77. The molecule has 102 valence electrons. The van der Waals surface area contributed by atoms with Crippen molar-refractivity contribution in [2.24, 2.45) is 4.99 Å². The van der Waals surface area contributed by atoms with Crippen LogP contribution in [-0.4, -0.2) is 19.0 Å². The van der Waals surface area contributed by atoms with Crippen molar-refractivity contribution in [2.75, 3.05) is 18.4 Å². The van der Waals surface area contributed by atoms with E-state index in [1.807, 2.05) is 42.5 Å². The SMILES string of the molecule is Clc1cccc(Oc2ccccc2NC2=NCCN2)c1. The van der Waals surface area contributed by atoms with Crippen molar-refractivity contribution >= 4 is 23.2 Å². The quantitative estimate of drug-likeness (QED) is 0.908. The van der Waals surface area contributed by atoms with E-state index in [0.717, 1.165) is 30.5 Å². The van der Waals surface area contributed by atoms with E-state index in [-0.39, 0.29) is 0 Å². The van der Waals surface area contributed by atoms with Crippen molar-refractivity contribution in [1.29, 1.82) is 0 Å². The van der Waals surface area contributed by atoms with Crippen molar-refractivity contribution in [2.45, 2.75) is 0 Å². The van der Waals surface area contributed by atoms with E-state index in [1.54, 1.807) is 6.07 Å². The van der Waals surface area contributed by atoms with Crippen LogP contribution in [0.5, 0.6) is 11.5 Å². The molecular formula is C15H14ClN3O. The standard InChI is InChI=1S/C15H14ClN3O/c16-11-4-3-5-12(10-11)20-14-7-2-1-6-13(14)19-15-17-8-9-18-15/h1-7,10H,8-9H2,(H2,17,18,19). The molecule has 0 unspecified atom stereocenters. The Labute approximate surface area is 122 Å². The molecule has 2 aromatic carbocycles. The Morgan fingerprint density at radius 3 is 2.85 bits per heavy atom. The van der Waals surface area contributed by atoms with Crippen LogP contribution in [0, 0.1) is 0 Å². The maximum Gasteiger partial charge on any atom is 0.196 e. The highest BCUT2D eigenvalue weighted by Gasteiger charge is 2.09. The van der Waals surface area contributed by atoms with Gasteiger partial charge >= 0.3 is 0 Å². The van der Waals surface area contributed by atoms with E-state index < -0.39 is 0 Å². The number of nitrogens with one attached hydrogen (secondary N) is 2. The smallest absolute Gasteiger partial charge is 0.196 e. The highest BCUT2D eigenvalue weighted by Crippen LogP contribution is 2.30. The van der Waals surface area contributed by atoms with E-state index in [0.29, 0.717) is 10.8 Å². The Kier molecular flexibility index (Phi) is 3.74. The van der Waals surface area contributed by atoms with Gasteiger partial charge in [0.2, 0.25) is 0 Å². The Morgan fingerprint density at radius 2 is 2.05 bits per heavy atom. The molecular weight excluding hydrogens is 274 g/mol. The molecule has 4 nitrogen and oxygen atoms in total. The summed E-state index contributed by atoms with van der Waals surface area (Å²) in [7, 11) is 0. The van der Waals surface area contributed by atoms with Gasteiger partial charge in [0.15, 0.2) is 11.7 Å². The average Bonchev–Trinajstić information content (AvgIpc) is 2.94.